The number of hydrogen-bond donors (Lipinski definition) is 1. The number of methoxy groups -OCH3 is 1. The molecule has 0 aliphatic rings. The van der Waals surface area contributed by atoms with Crippen LogP contribution in [0, 0.1) is 17.1 Å². The van der Waals surface area contributed by atoms with Gasteiger partial charge < -0.3 is 10.1 Å². The summed E-state index contributed by atoms with van der Waals surface area (Å²) in [5, 5.41) is 12.1. The Balaban J connectivity index is 2.07. The number of benzene rings is 2. The first-order valence-electron chi connectivity index (χ1n) is 6.70. The predicted octanol–water partition coefficient (Wildman–Crippen LogP) is 3.56. The fourth-order valence-electron chi connectivity index (χ4n) is 2.07. The second-order valence-electron chi connectivity index (χ2n) is 4.80. The van der Waals surface area contributed by atoms with Crippen LogP contribution in [0.3, 0.4) is 0 Å². The van der Waals surface area contributed by atoms with Crippen LogP contribution in [-0.2, 0) is 6.54 Å². The van der Waals surface area contributed by atoms with Gasteiger partial charge in [0.15, 0.2) is 0 Å². The summed E-state index contributed by atoms with van der Waals surface area (Å²) in [4.78, 5) is 0. The van der Waals surface area contributed by atoms with Gasteiger partial charge in [0.25, 0.3) is 0 Å². The lowest BCUT2D eigenvalue weighted by Crippen LogP contribution is -2.19. The summed E-state index contributed by atoms with van der Waals surface area (Å²) >= 11 is 0. The van der Waals surface area contributed by atoms with Gasteiger partial charge in [0.05, 0.1) is 18.7 Å². The molecular weight excluding hydrogens is 267 g/mol. The summed E-state index contributed by atoms with van der Waals surface area (Å²) in [7, 11) is 1.62. The Morgan fingerprint density at radius 2 is 2.10 bits per heavy atom. The Bertz CT molecular complexity index is 664. The van der Waals surface area contributed by atoms with E-state index in [1.54, 1.807) is 13.2 Å². The molecule has 0 radical (unpaired) electrons. The van der Waals surface area contributed by atoms with Crippen molar-refractivity contribution < 1.29 is 9.13 Å². The summed E-state index contributed by atoms with van der Waals surface area (Å²) in [5.41, 5.74) is 2.01. The van der Waals surface area contributed by atoms with Crippen molar-refractivity contribution in [1.29, 1.82) is 5.26 Å². The van der Waals surface area contributed by atoms with E-state index in [1.807, 2.05) is 37.3 Å². The van der Waals surface area contributed by atoms with Gasteiger partial charge in [-0.15, -0.1) is 0 Å². The maximum atomic E-state index is 13.7. The zero-order valence-electron chi connectivity index (χ0n) is 12.1. The first-order chi connectivity index (χ1) is 10.1. The van der Waals surface area contributed by atoms with Gasteiger partial charge in [0.2, 0.25) is 0 Å². The highest BCUT2D eigenvalue weighted by Gasteiger charge is 2.08. The highest BCUT2D eigenvalue weighted by Crippen LogP contribution is 2.19. The Hall–Kier alpha value is -2.38. The first kappa shape index (κ1) is 15.0. The van der Waals surface area contributed by atoms with E-state index in [-0.39, 0.29) is 11.9 Å². The van der Waals surface area contributed by atoms with Crippen molar-refractivity contribution in [2.45, 2.75) is 19.5 Å². The van der Waals surface area contributed by atoms with Gasteiger partial charge in [-0.1, -0.05) is 12.1 Å². The lowest BCUT2D eigenvalue weighted by Gasteiger charge is -2.15. The van der Waals surface area contributed by atoms with E-state index in [0.29, 0.717) is 17.7 Å². The molecule has 21 heavy (non-hydrogen) atoms. The molecule has 0 unspecified atom stereocenters. The average molecular weight is 284 g/mol. The molecule has 108 valence electrons. The molecule has 0 saturated carbocycles. The second kappa shape index (κ2) is 6.87. The van der Waals surface area contributed by atoms with Gasteiger partial charge in [0.1, 0.15) is 11.6 Å². The number of hydrogen-bond acceptors (Lipinski definition) is 3. The molecule has 0 heterocycles. The van der Waals surface area contributed by atoms with Crippen LogP contribution in [0.25, 0.3) is 0 Å². The van der Waals surface area contributed by atoms with Crippen molar-refractivity contribution in [3.05, 3.63) is 65.0 Å². The maximum absolute atomic E-state index is 13.7. The van der Waals surface area contributed by atoms with E-state index in [2.05, 4.69) is 5.32 Å². The van der Waals surface area contributed by atoms with Crippen LogP contribution in [0.15, 0.2) is 42.5 Å². The van der Waals surface area contributed by atoms with E-state index < -0.39 is 0 Å². The minimum absolute atomic E-state index is 0.0465. The Morgan fingerprint density at radius 3 is 2.81 bits per heavy atom. The highest BCUT2D eigenvalue weighted by atomic mass is 19.1. The number of nitrogens with one attached hydrogen (secondary N) is 1. The molecule has 1 N–H and O–H groups in total. The molecule has 0 amide bonds. The molecule has 2 aromatic rings. The summed E-state index contributed by atoms with van der Waals surface area (Å²) in [6, 6.07) is 14.2. The molecule has 4 heteroatoms. The quantitative estimate of drug-likeness (QED) is 0.913. The van der Waals surface area contributed by atoms with Crippen LogP contribution in [-0.4, -0.2) is 7.11 Å². The van der Waals surface area contributed by atoms with Crippen LogP contribution in [0.1, 0.15) is 29.7 Å². The van der Waals surface area contributed by atoms with E-state index in [0.717, 1.165) is 11.3 Å². The number of nitriles is 1. The standard InChI is InChI=1S/C17H17FN2O/c1-12(14-4-3-5-16(9-14)21-2)20-11-15-8-13(10-19)6-7-17(15)18/h3-9,12,20H,11H2,1-2H3/t12-/m0/s1. The van der Waals surface area contributed by atoms with Gasteiger partial charge in [-0.05, 0) is 42.8 Å². The molecule has 0 fully saturated rings. The topological polar surface area (TPSA) is 45.0 Å². The highest BCUT2D eigenvalue weighted by molar-refractivity contribution is 5.34. The van der Waals surface area contributed by atoms with Crippen molar-refractivity contribution in [2.24, 2.45) is 0 Å². The Morgan fingerprint density at radius 1 is 1.29 bits per heavy atom. The van der Waals surface area contributed by atoms with Crippen LogP contribution in [0.5, 0.6) is 5.75 Å². The minimum atomic E-state index is -0.306. The molecule has 1 atom stereocenters. The summed E-state index contributed by atoms with van der Waals surface area (Å²) in [6.45, 7) is 2.36. The molecule has 3 nitrogen and oxygen atoms in total. The molecule has 2 rings (SSSR count). The molecule has 0 aromatic heterocycles. The van der Waals surface area contributed by atoms with Crippen molar-refractivity contribution in [3.63, 3.8) is 0 Å². The monoisotopic (exact) mass is 284 g/mol. The zero-order chi connectivity index (χ0) is 15.2. The van der Waals surface area contributed by atoms with E-state index >= 15 is 0 Å². The van der Waals surface area contributed by atoms with Crippen LogP contribution in [0.4, 0.5) is 4.39 Å². The number of halogens is 1. The van der Waals surface area contributed by atoms with Gasteiger partial charge in [-0.25, -0.2) is 4.39 Å². The molecule has 2 aromatic carbocycles. The third-order valence-corrected chi connectivity index (χ3v) is 3.37. The molecule has 0 saturated heterocycles. The third-order valence-electron chi connectivity index (χ3n) is 3.37. The van der Waals surface area contributed by atoms with Gasteiger partial charge in [-0.2, -0.15) is 5.26 Å². The second-order valence-corrected chi connectivity index (χ2v) is 4.80. The summed E-state index contributed by atoms with van der Waals surface area (Å²) in [5.74, 6) is 0.484. The van der Waals surface area contributed by atoms with Crippen molar-refractivity contribution in [1.82, 2.24) is 5.32 Å². The Labute approximate surface area is 124 Å². The fourth-order valence-corrected chi connectivity index (χ4v) is 2.07. The van der Waals surface area contributed by atoms with Gasteiger partial charge in [0, 0.05) is 18.2 Å². The number of rotatable bonds is 5. The van der Waals surface area contributed by atoms with Crippen LogP contribution in [0.2, 0.25) is 0 Å². The minimum Gasteiger partial charge on any atom is -0.497 e. The fraction of sp³-hybridized carbons (Fsp3) is 0.235. The van der Waals surface area contributed by atoms with E-state index in [1.165, 1.54) is 12.1 Å². The molecule has 0 aliphatic heterocycles. The first-order valence-corrected chi connectivity index (χ1v) is 6.70. The van der Waals surface area contributed by atoms with Crippen molar-refractivity contribution >= 4 is 0 Å². The normalized spacial score (nSPS) is 11.7. The van der Waals surface area contributed by atoms with Crippen LogP contribution < -0.4 is 10.1 Å². The third kappa shape index (κ3) is 3.80. The van der Waals surface area contributed by atoms with Crippen molar-refractivity contribution in [2.75, 3.05) is 7.11 Å². The SMILES string of the molecule is COc1cccc([C@H](C)NCc2cc(C#N)ccc2F)c1. The zero-order valence-corrected chi connectivity index (χ0v) is 12.1. The molecular formula is C17H17FN2O. The largest absolute Gasteiger partial charge is 0.497 e. The maximum Gasteiger partial charge on any atom is 0.127 e. The van der Waals surface area contributed by atoms with Gasteiger partial charge in [-0.3, -0.25) is 0 Å². The Kier molecular flexibility index (Phi) is 4.91. The molecule has 0 aliphatic carbocycles. The van der Waals surface area contributed by atoms with E-state index in [9.17, 15) is 4.39 Å². The lowest BCUT2D eigenvalue weighted by atomic mass is 10.1. The van der Waals surface area contributed by atoms with Crippen LogP contribution >= 0.6 is 0 Å². The number of nitrogens with zero attached hydrogens (tertiary/aromatic N) is 1. The smallest absolute Gasteiger partial charge is 0.127 e. The molecule has 0 spiro atoms. The molecule has 0 bridgehead atoms. The van der Waals surface area contributed by atoms with Gasteiger partial charge >= 0.3 is 0 Å². The predicted molar refractivity (Wildman–Crippen MR) is 79.4 cm³/mol. The van der Waals surface area contributed by atoms with Crippen molar-refractivity contribution in [3.8, 4) is 11.8 Å². The van der Waals surface area contributed by atoms with E-state index in [4.69, 9.17) is 10.00 Å². The summed E-state index contributed by atoms with van der Waals surface area (Å²) in [6.07, 6.45) is 0. The number of ether oxygens (including phenoxy) is 1. The lowest BCUT2D eigenvalue weighted by molar-refractivity contribution is 0.413. The average Bonchev–Trinajstić information content (AvgIpc) is 2.53. The summed E-state index contributed by atoms with van der Waals surface area (Å²) < 4.78 is 18.9.